The first-order valence-corrected chi connectivity index (χ1v) is 6.55. The molecule has 0 heterocycles. The highest BCUT2D eigenvalue weighted by Crippen LogP contribution is 2.21. The van der Waals surface area contributed by atoms with Gasteiger partial charge in [-0.3, -0.25) is 0 Å². The van der Waals surface area contributed by atoms with Gasteiger partial charge in [0, 0.05) is 19.6 Å². The summed E-state index contributed by atoms with van der Waals surface area (Å²) >= 11 is 0. The van der Waals surface area contributed by atoms with Gasteiger partial charge in [0.15, 0.2) is 0 Å². The Balaban J connectivity index is 3.06. The van der Waals surface area contributed by atoms with Crippen molar-refractivity contribution in [3.63, 3.8) is 0 Å². The summed E-state index contributed by atoms with van der Waals surface area (Å²) in [6.45, 7) is 2.26. The fourth-order valence-electron chi connectivity index (χ4n) is 1.50. The SMILES string of the molecule is CC(N)CN(C)c1ccc(S(N)(=O)=O)cc1F. The van der Waals surface area contributed by atoms with Gasteiger partial charge >= 0.3 is 0 Å². The molecule has 4 N–H and O–H groups in total. The van der Waals surface area contributed by atoms with E-state index in [1.807, 2.05) is 0 Å². The maximum atomic E-state index is 13.7. The van der Waals surface area contributed by atoms with Gasteiger partial charge in [-0.2, -0.15) is 0 Å². The molecule has 7 heteroatoms. The largest absolute Gasteiger partial charge is 0.371 e. The van der Waals surface area contributed by atoms with E-state index in [9.17, 15) is 12.8 Å². The molecule has 0 aliphatic carbocycles. The van der Waals surface area contributed by atoms with Gasteiger partial charge < -0.3 is 10.6 Å². The molecule has 1 atom stereocenters. The summed E-state index contributed by atoms with van der Waals surface area (Å²) < 4.78 is 35.7. The van der Waals surface area contributed by atoms with E-state index in [4.69, 9.17) is 10.9 Å². The van der Waals surface area contributed by atoms with E-state index in [1.165, 1.54) is 12.1 Å². The number of primary sulfonamides is 1. The lowest BCUT2D eigenvalue weighted by Crippen LogP contribution is -2.33. The molecule has 0 aliphatic rings. The summed E-state index contributed by atoms with van der Waals surface area (Å²) in [6.07, 6.45) is 0. The van der Waals surface area contributed by atoms with E-state index in [-0.39, 0.29) is 16.6 Å². The third-order valence-corrected chi connectivity index (χ3v) is 3.13. The topological polar surface area (TPSA) is 89.4 Å². The fourth-order valence-corrected chi connectivity index (χ4v) is 2.03. The Hall–Kier alpha value is -1.18. The van der Waals surface area contributed by atoms with Crippen molar-refractivity contribution in [3.05, 3.63) is 24.0 Å². The van der Waals surface area contributed by atoms with Gasteiger partial charge in [0.2, 0.25) is 10.0 Å². The van der Waals surface area contributed by atoms with Crippen molar-refractivity contribution in [2.45, 2.75) is 17.9 Å². The van der Waals surface area contributed by atoms with Crippen molar-refractivity contribution >= 4 is 15.7 Å². The number of anilines is 1. The first-order chi connectivity index (χ1) is 7.71. The lowest BCUT2D eigenvalue weighted by molar-refractivity contribution is 0.590. The minimum Gasteiger partial charge on any atom is -0.371 e. The zero-order valence-corrected chi connectivity index (χ0v) is 10.5. The number of likely N-dealkylation sites (N-methyl/N-ethyl adjacent to an activating group) is 1. The zero-order chi connectivity index (χ0) is 13.2. The summed E-state index contributed by atoms with van der Waals surface area (Å²) in [6, 6.07) is 3.43. The third-order valence-electron chi connectivity index (χ3n) is 2.22. The molecule has 96 valence electrons. The predicted octanol–water partition coefficient (Wildman–Crippen LogP) is 0.257. The van der Waals surface area contributed by atoms with Crippen molar-refractivity contribution in [1.82, 2.24) is 0 Å². The van der Waals surface area contributed by atoms with Gasteiger partial charge in [-0.15, -0.1) is 0 Å². The Bertz CT molecular complexity index is 502. The van der Waals surface area contributed by atoms with Crippen LogP contribution in [0, 0.1) is 5.82 Å². The number of benzene rings is 1. The highest BCUT2D eigenvalue weighted by molar-refractivity contribution is 7.89. The molecule has 17 heavy (non-hydrogen) atoms. The number of halogens is 1. The molecule has 0 aromatic heterocycles. The second-order valence-corrected chi connectivity index (χ2v) is 5.58. The van der Waals surface area contributed by atoms with Gasteiger partial charge in [-0.25, -0.2) is 17.9 Å². The van der Waals surface area contributed by atoms with Crippen molar-refractivity contribution in [2.75, 3.05) is 18.5 Å². The minimum absolute atomic E-state index is 0.114. The molecule has 1 aromatic carbocycles. The Morgan fingerprint density at radius 3 is 2.47 bits per heavy atom. The van der Waals surface area contributed by atoms with Crippen LogP contribution in [0.15, 0.2) is 23.1 Å². The van der Waals surface area contributed by atoms with Crippen molar-refractivity contribution in [2.24, 2.45) is 10.9 Å². The molecule has 0 saturated carbocycles. The minimum atomic E-state index is -3.87. The van der Waals surface area contributed by atoms with Crippen molar-refractivity contribution in [3.8, 4) is 0 Å². The van der Waals surface area contributed by atoms with Crippen LogP contribution in [-0.4, -0.2) is 28.1 Å². The Labute approximate surface area is 100 Å². The van der Waals surface area contributed by atoms with E-state index in [1.54, 1.807) is 18.9 Å². The van der Waals surface area contributed by atoms with Gasteiger partial charge in [-0.1, -0.05) is 0 Å². The van der Waals surface area contributed by atoms with Crippen LogP contribution in [0.4, 0.5) is 10.1 Å². The van der Waals surface area contributed by atoms with Crippen LogP contribution in [0.5, 0.6) is 0 Å². The standard InChI is InChI=1S/C10H16FN3O2S/c1-7(12)6-14(2)10-4-3-8(5-9(10)11)17(13,15)16/h3-5,7H,6,12H2,1-2H3,(H2,13,15,16). The van der Waals surface area contributed by atoms with Crippen molar-refractivity contribution in [1.29, 1.82) is 0 Å². The maximum Gasteiger partial charge on any atom is 0.238 e. The summed E-state index contributed by atoms with van der Waals surface area (Å²) in [5.41, 5.74) is 5.89. The van der Waals surface area contributed by atoms with E-state index in [0.717, 1.165) is 6.07 Å². The van der Waals surface area contributed by atoms with E-state index in [0.29, 0.717) is 6.54 Å². The van der Waals surface area contributed by atoms with Gasteiger partial charge in [0.05, 0.1) is 10.6 Å². The van der Waals surface area contributed by atoms with E-state index < -0.39 is 15.8 Å². The van der Waals surface area contributed by atoms with Crippen LogP contribution in [0.1, 0.15) is 6.92 Å². The molecular formula is C10H16FN3O2S. The van der Waals surface area contributed by atoms with Crippen LogP contribution >= 0.6 is 0 Å². The number of sulfonamides is 1. The molecule has 0 spiro atoms. The van der Waals surface area contributed by atoms with Crippen LogP contribution in [-0.2, 0) is 10.0 Å². The first kappa shape index (κ1) is 13.9. The summed E-state index contributed by atoms with van der Waals surface area (Å²) in [5.74, 6) is -0.639. The Morgan fingerprint density at radius 2 is 2.06 bits per heavy atom. The average Bonchev–Trinajstić information content (AvgIpc) is 2.14. The molecule has 1 unspecified atom stereocenters. The molecule has 5 nitrogen and oxygen atoms in total. The second-order valence-electron chi connectivity index (χ2n) is 4.02. The maximum absolute atomic E-state index is 13.7. The van der Waals surface area contributed by atoms with Gasteiger partial charge in [0.1, 0.15) is 5.82 Å². The second kappa shape index (κ2) is 4.99. The van der Waals surface area contributed by atoms with Crippen LogP contribution in [0.25, 0.3) is 0 Å². The summed E-state index contributed by atoms with van der Waals surface area (Å²) in [4.78, 5) is 1.38. The highest BCUT2D eigenvalue weighted by Gasteiger charge is 2.14. The molecule has 1 aromatic rings. The third kappa shape index (κ3) is 3.65. The zero-order valence-electron chi connectivity index (χ0n) is 9.72. The number of rotatable bonds is 4. The molecular weight excluding hydrogens is 245 g/mol. The number of hydrogen-bond donors (Lipinski definition) is 2. The van der Waals surface area contributed by atoms with Crippen LogP contribution in [0.3, 0.4) is 0 Å². The molecule has 0 bridgehead atoms. The monoisotopic (exact) mass is 261 g/mol. The lowest BCUT2D eigenvalue weighted by atomic mass is 10.2. The average molecular weight is 261 g/mol. The molecule has 1 rings (SSSR count). The fraction of sp³-hybridized carbons (Fsp3) is 0.400. The lowest BCUT2D eigenvalue weighted by Gasteiger charge is -2.22. The Morgan fingerprint density at radius 1 is 1.47 bits per heavy atom. The molecule has 0 aliphatic heterocycles. The normalized spacial score (nSPS) is 13.5. The van der Waals surface area contributed by atoms with Crippen LogP contribution < -0.4 is 15.8 Å². The van der Waals surface area contributed by atoms with Gasteiger partial charge in [-0.05, 0) is 25.1 Å². The summed E-state index contributed by atoms with van der Waals surface area (Å²) in [7, 11) is -2.20. The van der Waals surface area contributed by atoms with Crippen LogP contribution in [0.2, 0.25) is 0 Å². The van der Waals surface area contributed by atoms with E-state index in [2.05, 4.69) is 0 Å². The predicted molar refractivity (Wildman–Crippen MR) is 64.7 cm³/mol. The first-order valence-electron chi connectivity index (χ1n) is 5.01. The molecule has 0 fully saturated rings. The van der Waals surface area contributed by atoms with Crippen molar-refractivity contribution < 1.29 is 12.8 Å². The highest BCUT2D eigenvalue weighted by atomic mass is 32.2. The van der Waals surface area contributed by atoms with E-state index >= 15 is 0 Å². The van der Waals surface area contributed by atoms with Gasteiger partial charge in [0.25, 0.3) is 0 Å². The Kier molecular flexibility index (Phi) is 4.07. The molecule has 0 radical (unpaired) electrons. The number of nitrogens with zero attached hydrogens (tertiary/aromatic N) is 1. The summed E-state index contributed by atoms with van der Waals surface area (Å²) in [5, 5.41) is 4.90. The smallest absolute Gasteiger partial charge is 0.238 e. The molecule has 0 amide bonds. The number of hydrogen-bond acceptors (Lipinski definition) is 4. The molecule has 0 saturated heterocycles. The number of nitrogens with two attached hydrogens (primary N) is 2. The quantitative estimate of drug-likeness (QED) is 0.813.